The summed E-state index contributed by atoms with van der Waals surface area (Å²) in [6, 6.07) is 0.167. The Morgan fingerprint density at radius 3 is 2.24 bits per heavy atom. The van der Waals surface area contributed by atoms with E-state index >= 15 is 0 Å². The second-order valence-corrected chi connectivity index (χ2v) is 7.35. The summed E-state index contributed by atoms with van der Waals surface area (Å²) in [4.78, 5) is 32.4. The van der Waals surface area contributed by atoms with Crippen molar-refractivity contribution in [1.29, 1.82) is 0 Å². The Labute approximate surface area is 151 Å². The van der Waals surface area contributed by atoms with E-state index in [9.17, 15) is 9.59 Å². The fourth-order valence-electron chi connectivity index (χ4n) is 2.74. The van der Waals surface area contributed by atoms with Crippen molar-refractivity contribution < 1.29 is 9.59 Å². The van der Waals surface area contributed by atoms with Gasteiger partial charge in [-0.3, -0.25) is 19.5 Å². The van der Waals surface area contributed by atoms with Gasteiger partial charge in [-0.05, 0) is 27.7 Å². The topological polar surface area (TPSA) is 89.1 Å². The molecule has 1 rings (SSSR count). The van der Waals surface area contributed by atoms with Gasteiger partial charge in [-0.2, -0.15) is 0 Å². The molecule has 2 amide bonds. The van der Waals surface area contributed by atoms with Crippen molar-refractivity contribution in [2.75, 3.05) is 53.4 Å². The number of hydrogen-bond donors (Lipinski definition) is 3. The van der Waals surface area contributed by atoms with E-state index in [4.69, 9.17) is 0 Å². The number of nitrogens with zero attached hydrogens (tertiary/aromatic N) is 3. The maximum atomic E-state index is 11.9. The van der Waals surface area contributed by atoms with E-state index in [0.717, 1.165) is 32.1 Å². The summed E-state index contributed by atoms with van der Waals surface area (Å²) in [6.45, 7) is 11.9. The van der Waals surface area contributed by atoms with Crippen LogP contribution in [0.2, 0.25) is 0 Å². The molecule has 0 bridgehead atoms. The molecular weight excluding hydrogens is 320 g/mol. The van der Waals surface area contributed by atoms with Crippen LogP contribution in [0, 0.1) is 5.41 Å². The lowest BCUT2D eigenvalue weighted by Crippen LogP contribution is -2.55. The summed E-state index contributed by atoms with van der Waals surface area (Å²) < 4.78 is 0. The minimum Gasteiger partial charge on any atom is -0.359 e. The van der Waals surface area contributed by atoms with Crippen LogP contribution in [0.5, 0.6) is 0 Å². The van der Waals surface area contributed by atoms with Crippen LogP contribution in [0.25, 0.3) is 0 Å². The Balaban J connectivity index is 2.46. The van der Waals surface area contributed by atoms with Crippen molar-refractivity contribution in [3.8, 4) is 0 Å². The summed E-state index contributed by atoms with van der Waals surface area (Å²) in [6.07, 6.45) is 0. The van der Waals surface area contributed by atoms with Crippen molar-refractivity contribution >= 4 is 17.8 Å². The van der Waals surface area contributed by atoms with Gasteiger partial charge < -0.3 is 20.9 Å². The van der Waals surface area contributed by atoms with Crippen molar-refractivity contribution in [3.63, 3.8) is 0 Å². The van der Waals surface area contributed by atoms with Gasteiger partial charge in [0.1, 0.15) is 0 Å². The maximum absolute atomic E-state index is 11.9. The fourth-order valence-corrected chi connectivity index (χ4v) is 2.74. The zero-order valence-electron chi connectivity index (χ0n) is 16.5. The monoisotopic (exact) mass is 354 g/mol. The fraction of sp³-hybridized carbons (Fsp3) is 0.824. The summed E-state index contributed by atoms with van der Waals surface area (Å²) in [5, 5.41) is 8.90. The molecule has 0 atom stereocenters. The van der Waals surface area contributed by atoms with Crippen molar-refractivity contribution in [1.82, 2.24) is 25.8 Å². The molecule has 144 valence electrons. The van der Waals surface area contributed by atoms with Gasteiger partial charge in [0.2, 0.25) is 11.8 Å². The second kappa shape index (κ2) is 9.60. The lowest BCUT2D eigenvalue weighted by Gasteiger charge is -2.37. The van der Waals surface area contributed by atoms with Gasteiger partial charge >= 0.3 is 0 Å². The van der Waals surface area contributed by atoms with Crippen LogP contribution in [0.4, 0.5) is 0 Å². The predicted molar refractivity (Wildman–Crippen MR) is 101 cm³/mol. The molecule has 0 unspecified atom stereocenters. The number of aliphatic imine (C=N–C) groups is 1. The summed E-state index contributed by atoms with van der Waals surface area (Å²) >= 11 is 0. The molecule has 0 aliphatic carbocycles. The summed E-state index contributed by atoms with van der Waals surface area (Å²) in [7, 11) is 3.39. The van der Waals surface area contributed by atoms with Crippen LogP contribution in [-0.2, 0) is 9.59 Å². The normalized spacial score (nSPS) is 16.8. The van der Waals surface area contributed by atoms with E-state index in [-0.39, 0.29) is 17.9 Å². The smallest absolute Gasteiger partial charge is 0.234 e. The molecule has 8 nitrogen and oxygen atoms in total. The van der Waals surface area contributed by atoms with E-state index in [2.05, 4.69) is 30.7 Å². The Morgan fingerprint density at radius 2 is 1.76 bits per heavy atom. The first kappa shape index (κ1) is 21.2. The van der Waals surface area contributed by atoms with Crippen molar-refractivity contribution in [3.05, 3.63) is 0 Å². The van der Waals surface area contributed by atoms with Gasteiger partial charge in [0.15, 0.2) is 5.96 Å². The van der Waals surface area contributed by atoms with Crippen LogP contribution < -0.4 is 16.0 Å². The number of guanidine groups is 1. The number of piperazine rings is 1. The highest BCUT2D eigenvalue weighted by molar-refractivity contribution is 5.84. The molecule has 0 radical (unpaired) electrons. The summed E-state index contributed by atoms with van der Waals surface area (Å²) in [5.41, 5.74) is -0.512. The number of carbonyl (C=O) groups excluding carboxylic acids is 2. The van der Waals surface area contributed by atoms with E-state index in [1.54, 1.807) is 14.1 Å². The Kier molecular flexibility index (Phi) is 8.15. The van der Waals surface area contributed by atoms with Gasteiger partial charge in [0, 0.05) is 52.9 Å². The van der Waals surface area contributed by atoms with Crippen molar-refractivity contribution in [2.24, 2.45) is 10.4 Å². The standard InChI is InChI=1S/C17H34N6O2/c1-13(2)21-14(24)11-22-7-9-23(10-8-22)16(19-6)20-12-17(3,4)15(25)18-5/h13H,7-12H2,1-6H3,(H,18,25)(H,19,20)(H,21,24). The Hall–Kier alpha value is -1.83. The average molecular weight is 354 g/mol. The third kappa shape index (κ3) is 6.89. The van der Waals surface area contributed by atoms with E-state index in [0.29, 0.717) is 13.1 Å². The van der Waals surface area contributed by atoms with Crippen LogP contribution in [0.3, 0.4) is 0 Å². The van der Waals surface area contributed by atoms with Gasteiger partial charge in [-0.15, -0.1) is 0 Å². The second-order valence-electron chi connectivity index (χ2n) is 7.35. The molecule has 0 aromatic carbocycles. The van der Waals surface area contributed by atoms with E-state index in [1.807, 2.05) is 27.7 Å². The first-order valence-electron chi connectivity index (χ1n) is 8.89. The van der Waals surface area contributed by atoms with Gasteiger partial charge in [0.05, 0.1) is 12.0 Å². The van der Waals surface area contributed by atoms with Gasteiger partial charge in [0.25, 0.3) is 0 Å². The van der Waals surface area contributed by atoms with Crippen LogP contribution in [-0.4, -0.2) is 87.0 Å². The molecule has 1 fully saturated rings. The number of amides is 2. The molecule has 0 aromatic rings. The summed E-state index contributed by atoms with van der Waals surface area (Å²) in [5.74, 6) is 0.859. The minimum absolute atomic E-state index is 0.00330. The van der Waals surface area contributed by atoms with Gasteiger partial charge in [-0.25, -0.2) is 0 Å². The highest BCUT2D eigenvalue weighted by Gasteiger charge is 2.28. The highest BCUT2D eigenvalue weighted by Crippen LogP contribution is 2.13. The zero-order chi connectivity index (χ0) is 19.0. The molecule has 0 aromatic heterocycles. The number of nitrogens with one attached hydrogen (secondary N) is 3. The number of carbonyl (C=O) groups is 2. The molecule has 25 heavy (non-hydrogen) atoms. The third-order valence-electron chi connectivity index (χ3n) is 4.23. The molecule has 1 aliphatic rings. The van der Waals surface area contributed by atoms with E-state index in [1.165, 1.54) is 0 Å². The molecular formula is C17H34N6O2. The Morgan fingerprint density at radius 1 is 1.16 bits per heavy atom. The SMILES string of the molecule is CN=C(NCC(C)(C)C(=O)NC)N1CCN(CC(=O)NC(C)C)CC1. The van der Waals surface area contributed by atoms with Gasteiger partial charge in [-0.1, -0.05) is 0 Å². The van der Waals surface area contributed by atoms with Crippen LogP contribution in [0.15, 0.2) is 4.99 Å². The quantitative estimate of drug-likeness (QED) is 0.441. The number of hydrogen-bond acceptors (Lipinski definition) is 4. The average Bonchev–Trinajstić information content (AvgIpc) is 2.55. The first-order chi connectivity index (χ1) is 11.7. The minimum atomic E-state index is -0.512. The molecule has 1 saturated heterocycles. The maximum Gasteiger partial charge on any atom is 0.234 e. The van der Waals surface area contributed by atoms with Crippen LogP contribution in [0.1, 0.15) is 27.7 Å². The van der Waals surface area contributed by atoms with Crippen LogP contribution >= 0.6 is 0 Å². The lowest BCUT2D eigenvalue weighted by molar-refractivity contribution is -0.128. The molecule has 3 N–H and O–H groups in total. The molecule has 0 saturated carbocycles. The predicted octanol–water partition coefficient (Wildman–Crippen LogP) is -0.524. The Bertz CT molecular complexity index is 482. The molecule has 8 heteroatoms. The van der Waals surface area contributed by atoms with E-state index < -0.39 is 5.41 Å². The molecule has 1 heterocycles. The number of rotatable bonds is 6. The lowest BCUT2D eigenvalue weighted by atomic mass is 9.92. The highest BCUT2D eigenvalue weighted by atomic mass is 16.2. The third-order valence-corrected chi connectivity index (χ3v) is 4.23. The van der Waals surface area contributed by atoms with Crippen molar-refractivity contribution in [2.45, 2.75) is 33.7 Å². The first-order valence-corrected chi connectivity index (χ1v) is 8.89. The zero-order valence-corrected chi connectivity index (χ0v) is 16.5. The largest absolute Gasteiger partial charge is 0.359 e. The molecule has 0 spiro atoms. The molecule has 1 aliphatic heterocycles.